The fourth-order valence-corrected chi connectivity index (χ4v) is 1.46. The van der Waals surface area contributed by atoms with E-state index < -0.39 is 0 Å². The van der Waals surface area contributed by atoms with E-state index in [0.717, 1.165) is 4.47 Å². The maximum absolute atomic E-state index is 11.6. The maximum Gasteiger partial charge on any atom is 0.253 e. The van der Waals surface area contributed by atoms with Gasteiger partial charge in [0, 0.05) is 15.2 Å². The predicted octanol–water partition coefficient (Wildman–Crippen LogP) is 2.51. The number of hydrogen-bond acceptors (Lipinski definition) is 2. The van der Waals surface area contributed by atoms with Crippen LogP contribution in [0.2, 0.25) is 0 Å². The van der Waals surface area contributed by atoms with Gasteiger partial charge in [-0.25, -0.2) is 0 Å². The van der Waals surface area contributed by atoms with Crippen LogP contribution in [0.3, 0.4) is 0 Å². The van der Waals surface area contributed by atoms with Gasteiger partial charge in [-0.05, 0) is 18.2 Å². The van der Waals surface area contributed by atoms with Gasteiger partial charge < -0.3 is 11.1 Å². The fraction of sp³-hybridized carbons (Fsp3) is 0.100. The van der Waals surface area contributed by atoms with Crippen LogP contribution in [0, 0.1) is 0 Å². The molecule has 0 saturated carbocycles. The number of amides is 1. The number of nitrogens with two attached hydrogens (primary N) is 1. The van der Waals surface area contributed by atoms with E-state index in [1.54, 1.807) is 18.2 Å². The van der Waals surface area contributed by atoms with Gasteiger partial charge in [0.25, 0.3) is 5.91 Å². The van der Waals surface area contributed by atoms with Gasteiger partial charge in [-0.1, -0.05) is 34.1 Å². The molecule has 80 valence electrons. The van der Waals surface area contributed by atoms with Crippen molar-refractivity contribution < 1.29 is 4.79 Å². The first-order valence-electron chi connectivity index (χ1n) is 4.17. The molecule has 0 fully saturated rings. The van der Waals surface area contributed by atoms with Crippen molar-refractivity contribution in [3.63, 3.8) is 0 Å². The number of carbonyl (C=O) groups is 1. The lowest BCUT2D eigenvalue weighted by molar-refractivity contribution is 0.0958. The highest BCUT2D eigenvalue weighted by Crippen LogP contribution is 2.18. The maximum atomic E-state index is 11.6. The zero-order chi connectivity index (χ0) is 11.4. The Morgan fingerprint density at radius 3 is 2.80 bits per heavy atom. The normalized spacial score (nSPS) is 9.73. The van der Waals surface area contributed by atoms with Crippen LogP contribution in [0.15, 0.2) is 34.3 Å². The number of carbonyl (C=O) groups excluding carboxylic acids is 1. The molecule has 0 bridgehead atoms. The minimum absolute atomic E-state index is 0.232. The largest absolute Gasteiger partial charge is 0.398 e. The number of hydrogen-bond donors (Lipinski definition) is 2. The van der Waals surface area contributed by atoms with Crippen LogP contribution in [0.25, 0.3) is 0 Å². The van der Waals surface area contributed by atoms with Crippen LogP contribution in [0.5, 0.6) is 0 Å². The lowest BCUT2D eigenvalue weighted by atomic mass is 10.1. The smallest absolute Gasteiger partial charge is 0.253 e. The Kier molecular flexibility index (Phi) is 4.17. The molecule has 3 N–H and O–H groups in total. The van der Waals surface area contributed by atoms with E-state index in [-0.39, 0.29) is 12.5 Å². The third-order valence-electron chi connectivity index (χ3n) is 1.70. The van der Waals surface area contributed by atoms with E-state index in [1.807, 2.05) is 0 Å². The Hall–Kier alpha value is -1.00. The molecule has 0 heterocycles. The van der Waals surface area contributed by atoms with Crippen LogP contribution >= 0.6 is 27.5 Å². The van der Waals surface area contributed by atoms with Crippen molar-refractivity contribution >= 4 is 39.1 Å². The van der Waals surface area contributed by atoms with Crippen LogP contribution in [0.1, 0.15) is 10.4 Å². The molecule has 3 nitrogen and oxygen atoms in total. The average molecular weight is 290 g/mol. The summed E-state index contributed by atoms with van der Waals surface area (Å²) in [5.41, 5.74) is 6.53. The minimum atomic E-state index is -0.262. The molecule has 15 heavy (non-hydrogen) atoms. The summed E-state index contributed by atoms with van der Waals surface area (Å²) in [6.45, 7) is 3.70. The van der Waals surface area contributed by atoms with Crippen molar-refractivity contribution in [3.8, 4) is 0 Å². The lowest BCUT2D eigenvalue weighted by Gasteiger charge is -2.06. The summed E-state index contributed by atoms with van der Waals surface area (Å²) in [6, 6.07) is 5.07. The SMILES string of the molecule is C=C(Cl)CNC(=O)c1ccc(Br)cc1N. The monoisotopic (exact) mass is 288 g/mol. The molecule has 1 amide bonds. The van der Waals surface area contributed by atoms with Crippen molar-refractivity contribution in [1.29, 1.82) is 0 Å². The van der Waals surface area contributed by atoms with Gasteiger partial charge in [0.2, 0.25) is 0 Å². The average Bonchev–Trinajstić information content (AvgIpc) is 2.14. The molecule has 0 aliphatic heterocycles. The molecule has 1 aromatic rings. The highest BCUT2D eigenvalue weighted by Gasteiger charge is 2.08. The third-order valence-corrected chi connectivity index (χ3v) is 2.33. The second-order valence-corrected chi connectivity index (χ2v) is 4.38. The number of halogens is 2. The second-order valence-electron chi connectivity index (χ2n) is 2.93. The van der Waals surface area contributed by atoms with Gasteiger partial charge in [-0.3, -0.25) is 4.79 Å². The quantitative estimate of drug-likeness (QED) is 0.840. The van der Waals surface area contributed by atoms with E-state index >= 15 is 0 Å². The van der Waals surface area contributed by atoms with Crippen molar-refractivity contribution in [2.24, 2.45) is 0 Å². The minimum Gasteiger partial charge on any atom is -0.398 e. The predicted molar refractivity (Wildman–Crippen MR) is 65.9 cm³/mol. The molecular weight excluding hydrogens is 279 g/mol. The molecule has 0 aromatic heterocycles. The number of nitrogen functional groups attached to an aromatic ring is 1. The van der Waals surface area contributed by atoms with Gasteiger partial charge >= 0.3 is 0 Å². The molecule has 5 heteroatoms. The zero-order valence-corrected chi connectivity index (χ0v) is 10.2. The summed E-state index contributed by atoms with van der Waals surface area (Å²) < 4.78 is 0.832. The standard InChI is InChI=1S/C10H10BrClN2O/c1-6(12)5-14-10(15)8-3-2-7(11)4-9(8)13/h2-4H,1,5,13H2,(H,14,15). The highest BCUT2D eigenvalue weighted by atomic mass is 79.9. The first-order chi connectivity index (χ1) is 7.00. The van der Waals surface area contributed by atoms with Gasteiger partial charge in [0.15, 0.2) is 0 Å². The van der Waals surface area contributed by atoms with E-state index in [4.69, 9.17) is 17.3 Å². The molecule has 1 aromatic carbocycles. The van der Waals surface area contributed by atoms with Gasteiger partial charge in [0.05, 0.1) is 12.1 Å². The zero-order valence-electron chi connectivity index (χ0n) is 7.89. The Balaban J connectivity index is 2.78. The highest BCUT2D eigenvalue weighted by molar-refractivity contribution is 9.10. The molecule has 0 atom stereocenters. The summed E-state index contributed by atoms with van der Waals surface area (Å²) in [5, 5.41) is 2.97. The summed E-state index contributed by atoms with van der Waals surface area (Å²) in [5.74, 6) is -0.262. The van der Waals surface area contributed by atoms with Crippen molar-refractivity contribution in [2.45, 2.75) is 0 Å². The Morgan fingerprint density at radius 1 is 1.60 bits per heavy atom. The topological polar surface area (TPSA) is 55.1 Å². The van der Waals surface area contributed by atoms with Crippen LogP contribution in [-0.4, -0.2) is 12.5 Å². The van der Waals surface area contributed by atoms with E-state index in [0.29, 0.717) is 16.3 Å². The second kappa shape index (κ2) is 5.19. The molecule has 1 rings (SSSR count). The summed E-state index contributed by atoms with van der Waals surface area (Å²) in [6.07, 6.45) is 0. The lowest BCUT2D eigenvalue weighted by Crippen LogP contribution is -2.25. The number of nitrogens with one attached hydrogen (secondary N) is 1. The Bertz CT molecular complexity index is 406. The molecule has 0 unspecified atom stereocenters. The third kappa shape index (κ3) is 3.57. The van der Waals surface area contributed by atoms with Gasteiger partial charge in [-0.15, -0.1) is 0 Å². The Labute approximate surface area is 101 Å². The van der Waals surface area contributed by atoms with Crippen LogP contribution in [0.4, 0.5) is 5.69 Å². The van der Waals surface area contributed by atoms with E-state index in [1.165, 1.54) is 0 Å². The Morgan fingerprint density at radius 2 is 2.27 bits per heavy atom. The number of anilines is 1. The van der Waals surface area contributed by atoms with E-state index in [2.05, 4.69) is 27.8 Å². The summed E-state index contributed by atoms with van der Waals surface area (Å²) in [4.78, 5) is 11.6. The molecule has 0 aliphatic carbocycles. The molecule has 0 radical (unpaired) electrons. The molecule has 0 aliphatic rings. The first-order valence-corrected chi connectivity index (χ1v) is 5.34. The van der Waals surface area contributed by atoms with Crippen LogP contribution < -0.4 is 11.1 Å². The molecule has 0 saturated heterocycles. The van der Waals surface area contributed by atoms with Crippen molar-refractivity contribution in [2.75, 3.05) is 12.3 Å². The number of benzene rings is 1. The van der Waals surface area contributed by atoms with E-state index in [9.17, 15) is 4.79 Å². The van der Waals surface area contributed by atoms with Gasteiger partial charge in [0.1, 0.15) is 0 Å². The van der Waals surface area contributed by atoms with Crippen molar-refractivity contribution in [3.05, 3.63) is 39.8 Å². The fourth-order valence-electron chi connectivity index (χ4n) is 1.01. The van der Waals surface area contributed by atoms with Crippen molar-refractivity contribution in [1.82, 2.24) is 5.32 Å². The molecule has 0 spiro atoms. The summed E-state index contributed by atoms with van der Waals surface area (Å²) in [7, 11) is 0. The molecular formula is C10H10BrClN2O. The van der Waals surface area contributed by atoms with Crippen LogP contribution in [-0.2, 0) is 0 Å². The van der Waals surface area contributed by atoms with Gasteiger partial charge in [-0.2, -0.15) is 0 Å². The summed E-state index contributed by atoms with van der Waals surface area (Å²) >= 11 is 8.79. The first kappa shape index (κ1) is 12.1. The number of rotatable bonds is 3.